The Morgan fingerprint density at radius 2 is 1.50 bits per heavy atom. The molecule has 0 saturated heterocycles. The fraction of sp³-hybridized carbons (Fsp3) is 0.0385. The number of carbonyl (C=O) groups excluding carboxylic acids is 1. The van der Waals surface area contributed by atoms with E-state index in [1.165, 1.54) is 29.2 Å². The molecule has 170 valence electrons. The molecule has 0 spiro atoms. The zero-order valence-electron chi connectivity index (χ0n) is 17.9. The molecule has 0 saturated carbocycles. The minimum absolute atomic E-state index is 0.00505. The van der Waals surface area contributed by atoms with Crippen molar-refractivity contribution in [3.63, 3.8) is 0 Å². The van der Waals surface area contributed by atoms with Gasteiger partial charge < -0.3 is 20.5 Å². The minimum Gasteiger partial charge on any atom is -0.480 e. The molecule has 34 heavy (non-hydrogen) atoms. The van der Waals surface area contributed by atoms with Crippen LogP contribution in [-0.4, -0.2) is 28.5 Å². The van der Waals surface area contributed by atoms with E-state index in [1.807, 2.05) is 6.07 Å². The summed E-state index contributed by atoms with van der Waals surface area (Å²) in [5.74, 6) is -0.845. The Balaban J connectivity index is 1.69. The van der Waals surface area contributed by atoms with E-state index in [4.69, 9.17) is 10.5 Å². The number of amides is 1. The van der Waals surface area contributed by atoms with Crippen LogP contribution in [0, 0.1) is 5.82 Å². The average molecular weight is 457 g/mol. The highest BCUT2D eigenvalue weighted by Gasteiger charge is 2.18. The van der Waals surface area contributed by atoms with Gasteiger partial charge in [-0.05, 0) is 71.8 Å². The van der Waals surface area contributed by atoms with E-state index in [2.05, 4.69) is 4.98 Å². The van der Waals surface area contributed by atoms with Crippen molar-refractivity contribution in [3.05, 3.63) is 103 Å². The van der Waals surface area contributed by atoms with Gasteiger partial charge in [-0.3, -0.25) is 9.59 Å². The molecular formula is C26H20FN3O4. The molecule has 0 radical (unpaired) electrons. The van der Waals surface area contributed by atoms with Crippen LogP contribution in [0.3, 0.4) is 0 Å². The van der Waals surface area contributed by atoms with Crippen LogP contribution < -0.4 is 15.4 Å². The third-order valence-electron chi connectivity index (χ3n) is 4.94. The van der Waals surface area contributed by atoms with Gasteiger partial charge in [-0.15, -0.1) is 0 Å². The van der Waals surface area contributed by atoms with E-state index >= 15 is 0 Å². The summed E-state index contributed by atoms with van der Waals surface area (Å²) in [5.41, 5.74) is 7.48. The van der Waals surface area contributed by atoms with Gasteiger partial charge in [0, 0.05) is 5.69 Å². The SMILES string of the molecule is NC(=O)c1cc(-c2ccc(Oc3ccc(F)cc3)cc2)cc(N(CC(=O)O)c2ccccc2)n1. The molecule has 0 bridgehead atoms. The Kier molecular flexibility index (Phi) is 6.49. The van der Waals surface area contributed by atoms with E-state index in [9.17, 15) is 19.1 Å². The van der Waals surface area contributed by atoms with Gasteiger partial charge >= 0.3 is 5.97 Å². The number of halogens is 1. The van der Waals surface area contributed by atoms with Gasteiger partial charge in [0.1, 0.15) is 35.4 Å². The fourth-order valence-corrected chi connectivity index (χ4v) is 3.35. The molecule has 3 N–H and O–H groups in total. The molecule has 0 aliphatic rings. The number of hydrogen-bond acceptors (Lipinski definition) is 5. The van der Waals surface area contributed by atoms with Crippen LogP contribution >= 0.6 is 0 Å². The Morgan fingerprint density at radius 3 is 2.09 bits per heavy atom. The Morgan fingerprint density at radius 1 is 0.882 bits per heavy atom. The van der Waals surface area contributed by atoms with Crippen LogP contribution in [0.2, 0.25) is 0 Å². The summed E-state index contributed by atoms with van der Waals surface area (Å²) in [5, 5.41) is 9.44. The predicted molar refractivity (Wildman–Crippen MR) is 126 cm³/mol. The monoisotopic (exact) mass is 457 g/mol. The van der Waals surface area contributed by atoms with Gasteiger partial charge in [0.2, 0.25) is 0 Å². The molecular weight excluding hydrogens is 437 g/mol. The number of ether oxygens (including phenoxy) is 1. The molecule has 0 aliphatic heterocycles. The molecule has 8 heteroatoms. The van der Waals surface area contributed by atoms with Crippen LogP contribution in [0.4, 0.5) is 15.9 Å². The molecule has 4 aromatic rings. The van der Waals surface area contributed by atoms with Crippen molar-refractivity contribution in [2.45, 2.75) is 0 Å². The van der Waals surface area contributed by atoms with E-state index in [1.54, 1.807) is 60.7 Å². The quantitative estimate of drug-likeness (QED) is 0.386. The maximum absolute atomic E-state index is 13.1. The largest absolute Gasteiger partial charge is 0.480 e. The number of carboxylic acid groups (broad SMARTS) is 1. The van der Waals surface area contributed by atoms with Crippen molar-refractivity contribution in [3.8, 4) is 22.6 Å². The number of aromatic nitrogens is 1. The number of carbonyl (C=O) groups is 2. The Bertz CT molecular complexity index is 1310. The molecule has 1 heterocycles. The number of primary amides is 1. The number of aliphatic carboxylic acids is 1. The highest BCUT2D eigenvalue weighted by Crippen LogP contribution is 2.31. The van der Waals surface area contributed by atoms with E-state index in [-0.39, 0.29) is 23.9 Å². The summed E-state index contributed by atoms with van der Waals surface area (Å²) in [6.07, 6.45) is 0. The smallest absolute Gasteiger partial charge is 0.323 e. The van der Waals surface area contributed by atoms with Crippen molar-refractivity contribution >= 4 is 23.4 Å². The summed E-state index contributed by atoms with van der Waals surface area (Å²) in [6, 6.07) is 24.8. The number of nitrogens with zero attached hydrogens (tertiary/aromatic N) is 2. The number of pyridine rings is 1. The summed E-state index contributed by atoms with van der Waals surface area (Å²) in [4.78, 5) is 29.3. The number of carboxylic acids is 1. The molecule has 1 amide bonds. The maximum atomic E-state index is 13.1. The zero-order valence-corrected chi connectivity index (χ0v) is 17.9. The van der Waals surface area contributed by atoms with Crippen molar-refractivity contribution < 1.29 is 23.8 Å². The third kappa shape index (κ3) is 5.36. The second kappa shape index (κ2) is 9.83. The number of benzene rings is 3. The van der Waals surface area contributed by atoms with E-state index in [0.717, 1.165) is 5.56 Å². The summed E-state index contributed by atoms with van der Waals surface area (Å²) in [7, 11) is 0. The lowest BCUT2D eigenvalue weighted by molar-refractivity contribution is -0.135. The minimum atomic E-state index is -1.06. The number of hydrogen-bond donors (Lipinski definition) is 2. The lowest BCUT2D eigenvalue weighted by atomic mass is 10.0. The van der Waals surface area contributed by atoms with Gasteiger partial charge in [-0.1, -0.05) is 30.3 Å². The van der Waals surface area contributed by atoms with Crippen LogP contribution in [0.5, 0.6) is 11.5 Å². The first-order valence-electron chi connectivity index (χ1n) is 10.3. The highest BCUT2D eigenvalue weighted by molar-refractivity contribution is 5.93. The van der Waals surface area contributed by atoms with Crippen molar-refractivity contribution in [2.75, 3.05) is 11.4 Å². The second-order valence-electron chi connectivity index (χ2n) is 7.36. The molecule has 4 rings (SSSR count). The van der Waals surface area contributed by atoms with E-state index in [0.29, 0.717) is 22.7 Å². The Labute approximate surface area is 194 Å². The molecule has 0 unspecified atom stereocenters. The molecule has 1 aromatic heterocycles. The van der Waals surface area contributed by atoms with Gasteiger partial charge in [-0.25, -0.2) is 9.37 Å². The van der Waals surface area contributed by atoms with Crippen LogP contribution in [-0.2, 0) is 4.79 Å². The summed E-state index contributed by atoms with van der Waals surface area (Å²) >= 11 is 0. The lowest BCUT2D eigenvalue weighted by Crippen LogP contribution is -2.26. The highest BCUT2D eigenvalue weighted by atomic mass is 19.1. The lowest BCUT2D eigenvalue weighted by Gasteiger charge is -2.23. The van der Waals surface area contributed by atoms with Gasteiger partial charge in [0.25, 0.3) is 5.91 Å². The van der Waals surface area contributed by atoms with Gasteiger partial charge in [-0.2, -0.15) is 0 Å². The number of rotatable bonds is 8. The first kappa shape index (κ1) is 22.5. The van der Waals surface area contributed by atoms with Crippen molar-refractivity contribution in [1.29, 1.82) is 0 Å². The Hall–Kier alpha value is -4.72. The van der Waals surface area contributed by atoms with Crippen molar-refractivity contribution in [2.24, 2.45) is 5.73 Å². The molecule has 3 aromatic carbocycles. The number of para-hydroxylation sites is 1. The number of anilines is 2. The second-order valence-corrected chi connectivity index (χ2v) is 7.36. The van der Waals surface area contributed by atoms with E-state index < -0.39 is 11.9 Å². The first-order chi connectivity index (χ1) is 16.4. The zero-order chi connectivity index (χ0) is 24.1. The van der Waals surface area contributed by atoms with Gasteiger partial charge in [0.15, 0.2) is 0 Å². The normalized spacial score (nSPS) is 10.5. The molecule has 0 aliphatic carbocycles. The molecule has 7 nitrogen and oxygen atoms in total. The summed E-state index contributed by atoms with van der Waals surface area (Å²) in [6.45, 7) is -0.358. The summed E-state index contributed by atoms with van der Waals surface area (Å²) < 4.78 is 18.8. The van der Waals surface area contributed by atoms with Crippen LogP contribution in [0.25, 0.3) is 11.1 Å². The molecule has 0 atom stereocenters. The molecule has 0 fully saturated rings. The first-order valence-corrected chi connectivity index (χ1v) is 10.3. The third-order valence-corrected chi connectivity index (χ3v) is 4.94. The topological polar surface area (TPSA) is 106 Å². The van der Waals surface area contributed by atoms with Crippen LogP contribution in [0.15, 0.2) is 91.0 Å². The average Bonchev–Trinajstić information content (AvgIpc) is 2.84. The predicted octanol–water partition coefficient (Wildman–Crippen LogP) is 5.00. The van der Waals surface area contributed by atoms with Crippen molar-refractivity contribution in [1.82, 2.24) is 4.98 Å². The maximum Gasteiger partial charge on any atom is 0.323 e. The standard InChI is InChI=1S/C26H20FN3O4/c27-19-8-12-22(13-9-19)34-21-10-6-17(7-11-21)18-14-23(26(28)33)29-24(15-18)30(16-25(31)32)20-4-2-1-3-5-20/h1-15H,16H2,(H2,28,33)(H,31,32). The van der Waals surface area contributed by atoms with Crippen LogP contribution in [0.1, 0.15) is 10.5 Å². The van der Waals surface area contributed by atoms with Gasteiger partial charge in [0.05, 0.1) is 0 Å². The fourth-order valence-electron chi connectivity index (χ4n) is 3.35. The number of nitrogens with two attached hydrogens (primary N) is 1.